The average molecular weight is 459 g/mol. The van der Waals surface area contributed by atoms with E-state index in [0.29, 0.717) is 24.2 Å². The first kappa shape index (κ1) is 23.4. The van der Waals surface area contributed by atoms with Crippen LogP contribution in [0.15, 0.2) is 47.4 Å². The molecule has 0 bridgehead atoms. The highest BCUT2D eigenvalue weighted by molar-refractivity contribution is 7.89. The number of amides is 3. The van der Waals surface area contributed by atoms with Gasteiger partial charge in [-0.2, -0.15) is 0 Å². The molecule has 170 valence electrons. The third kappa shape index (κ3) is 5.71. The summed E-state index contributed by atoms with van der Waals surface area (Å²) in [6.07, 6.45) is 1.49. The molecule has 0 unspecified atom stereocenters. The van der Waals surface area contributed by atoms with Crippen LogP contribution in [0.2, 0.25) is 0 Å². The number of benzene rings is 2. The van der Waals surface area contributed by atoms with E-state index < -0.39 is 10.0 Å². The first-order chi connectivity index (χ1) is 15.2. The van der Waals surface area contributed by atoms with Crippen LogP contribution in [0.5, 0.6) is 0 Å². The molecule has 0 radical (unpaired) electrons. The van der Waals surface area contributed by atoms with Gasteiger partial charge in [-0.1, -0.05) is 0 Å². The van der Waals surface area contributed by atoms with Crippen molar-refractivity contribution in [1.29, 1.82) is 0 Å². The van der Waals surface area contributed by atoms with E-state index >= 15 is 0 Å². The van der Waals surface area contributed by atoms with Crippen molar-refractivity contribution < 1.29 is 22.8 Å². The van der Waals surface area contributed by atoms with Gasteiger partial charge in [0.15, 0.2) is 0 Å². The molecule has 0 atom stereocenters. The number of carbonyl (C=O) groups excluding carboxylic acids is 3. The van der Waals surface area contributed by atoms with Crippen molar-refractivity contribution in [2.24, 2.45) is 0 Å². The lowest BCUT2D eigenvalue weighted by Crippen LogP contribution is -2.35. The van der Waals surface area contributed by atoms with Crippen LogP contribution in [0.4, 0.5) is 11.4 Å². The number of hydrogen-bond acceptors (Lipinski definition) is 5. The van der Waals surface area contributed by atoms with E-state index in [4.69, 9.17) is 0 Å². The Kier molecular flexibility index (Phi) is 7.26. The summed E-state index contributed by atoms with van der Waals surface area (Å²) in [5.41, 5.74) is 2.55. The Labute approximate surface area is 187 Å². The van der Waals surface area contributed by atoms with Crippen molar-refractivity contribution in [3.05, 3.63) is 53.6 Å². The molecule has 0 aliphatic carbocycles. The Morgan fingerprint density at radius 2 is 1.72 bits per heavy atom. The van der Waals surface area contributed by atoms with E-state index in [1.165, 1.54) is 19.9 Å². The van der Waals surface area contributed by atoms with Gasteiger partial charge in [0.2, 0.25) is 21.8 Å². The molecule has 1 aliphatic rings. The molecule has 3 amide bonds. The maximum atomic E-state index is 12.6. The minimum atomic E-state index is -3.76. The van der Waals surface area contributed by atoms with E-state index in [1.54, 1.807) is 41.3 Å². The smallest absolute Gasteiger partial charge is 0.251 e. The fraction of sp³-hybridized carbons (Fsp3) is 0.318. The van der Waals surface area contributed by atoms with Gasteiger partial charge in [0.1, 0.15) is 0 Å². The minimum absolute atomic E-state index is 0.0225. The summed E-state index contributed by atoms with van der Waals surface area (Å²) in [5.74, 6) is -0.624. The second kappa shape index (κ2) is 9.92. The third-order valence-electron chi connectivity index (χ3n) is 5.03. The standard InChI is InChI=1S/C22H26N4O5S/c1-15(27)25-19-7-5-17(6-8-19)22(29)23-11-12-24-32(30,31)20-9-10-21-18(14-20)4-3-13-26(21)16(2)28/h5-10,14,24H,3-4,11-13H2,1-2H3,(H,23,29)(H,25,27). The van der Waals surface area contributed by atoms with E-state index in [9.17, 15) is 22.8 Å². The highest BCUT2D eigenvalue weighted by Gasteiger charge is 2.23. The summed E-state index contributed by atoms with van der Waals surface area (Å²) in [6.45, 7) is 3.64. The molecule has 1 aliphatic heterocycles. The van der Waals surface area contributed by atoms with Gasteiger partial charge in [0.05, 0.1) is 4.90 Å². The molecule has 10 heteroatoms. The molecule has 3 N–H and O–H groups in total. The molecule has 0 saturated carbocycles. The highest BCUT2D eigenvalue weighted by Crippen LogP contribution is 2.29. The van der Waals surface area contributed by atoms with Gasteiger partial charge >= 0.3 is 0 Å². The van der Waals surface area contributed by atoms with Crippen molar-refractivity contribution in [3.8, 4) is 0 Å². The lowest BCUT2D eigenvalue weighted by atomic mass is 10.0. The number of sulfonamides is 1. The van der Waals surface area contributed by atoms with Crippen LogP contribution < -0.4 is 20.3 Å². The summed E-state index contributed by atoms with van der Waals surface area (Å²) in [7, 11) is -3.76. The van der Waals surface area contributed by atoms with Gasteiger partial charge in [-0.15, -0.1) is 0 Å². The van der Waals surface area contributed by atoms with Crippen LogP contribution in [0.1, 0.15) is 36.2 Å². The number of rotatable bonds is 7. The van der Waals surface area contributed by atoms with Crippen molar-refractivity contribution in [2.45, 2.75) is 31.6 Å². The number of carbonyl (C=O) groups is 3. The molecule has 0 saturated heterocycles. The zero-order chi connectivity index (χ0) is 23.3. The summed E-state index contributed by atoms with van der Waals surface area (Å²) < 4.78 is 27.8. The topological polar surface area (TPSA) is 125 Å². The number of hydrogen-bond donors (Lipinski definition) is 3. The summed E-state index contributed by atoms with van der Waals surface area (Å²) >= 11 is 0. The molecule has 3 rings (SSSR count). The van der Waals surface area contributed by atoms with Crippen LogP contribution >= 0.6 is 0 Å². The molecular weight excluding hydrogens is 432 g/mol. The molecule has 0 fully saturated rings. The normalized spacial score (nSPS) is 13.2. The quantitative estimate of drug-likeness (QED) is 0.544. The Bertz CT molecular complexity index is 1130. The van der Waals surface area contributed by atoms with Crippen molar-refractivity contribution in [2.75, 3.05) is 29.9 Å². The van der Waals surface area contributed by atoms with Crippen molar-refractivity contribution in [3.63, 3.8) is 0 Å². The molecular formula is C22H26N4O5S. The second-order valence-corrected chi connectivity index (χ2v) is 9.24. The van der Waals surface area contributed by atoms with Crippen LogP contribution in [-0.2, 0) is 26.0 Å². The van der Waals surface area contributed by atoms with Crippen LogP contribution in [-0.4, -0.2) is 45.8 Å². The summed E-state index contributed by atoms with van der Waals surface area (Å²) in [6, 6.07) is 11.1. The molecule has 9 nitrogen and oxygen atoms in total. The monoisotopic (exact) mass is 458 g/mol. The number of anilines is 2. The van der Waals surface area contributed by atoms with Gasteiger partial charge < -0.3 is 15.5 Å². The number of fused-ring (bicyclic) bond motifs is 1. The molecule has 0 spiro atoms. The highest BCUT2D eigenvalue weighted by atomic mass is 32.2. The first-order valence-corrected chi connectivity index (χ1v) is 11.7. The molecule has 2 aromatic carbocycles. The Hall–Kier alpha value is -3.24. The lowest BCUT2D eigenvalue weighted by molar-refractivity contribution is -0.116. The number of nitrogens with one attached hydrogen (secondary N) is 3. The van der Waals surface area contributed by atoms with Gasteiger partial charge in [-0.05, 0) is 60.9 Å². The zero-order valence-corrected chi connectivity index (χ0v) is 18.8. The van der Waals surface area contributed by atoms with Gasteiger partial charge in [-0.3, -0.25) is 14.4 Å². The summed E-state index contributed by atoms with van der Waals surface area (Å²) in [5, 5.41) is 5.27. The van der Waals surface area contributed by atoms with E-state index in [0.717, 1.165) is 17.7 Å². The lowest BCUT2D eigenvalue weighted by Gasteiger charge is -2.28. The first-order valence-electron chi connectivity index (χ1n) is 10.2. The Morgan fingerprint density at radius 1 is 1.00 bits per heavy atom. The van der Waals surface area contributed by atoms with E-state index in [1.807, 2.05) is 0 Å². The predicted octanol–water partition coefficient (Wildman–Crippen LogP) is 1.65. The number of aryl methyl sites for hydroxylation is 1. The van der Waals surface area contributed by atoms with Crippen molar-refractivity contribution in [1.82, 2.24) is 10.0 Å². The van der Waals surface area contributed by atoms with Crippen LogP contribution in [0, 0.1) is 0 Å². The fourth-order valence-corrected chi connectivity index (χ4v) is 4.60. The van der Waals surface area contributed by atoms with E-state index in [2.05, 4.69) is 15.4 Å². The van der Waals surface area contributed by atoms with Gasteiger partial charge in [0.25, 0.3) is 5.91 Å². The predicted molar refractivity (Wildman–Crippen MR) is 121 cm³/mol. The van der Waals surface area contributed by atoms with Crippen LogP contribution in [0.25, 0.3) is 0 Å². The number of nitrogens with zero attached hydrogens (tertiary/aromatic N) is 1. The average Bonchev–Trinajstić information content (AvgIpc) is 2.75. The fourth-order valence-electron chi connectivity index (χ4n) is 3.52. The minimum Gasteiger partial charge on any atom is -0.351 e. The Morgan fingerprint density at radius 3 is 2.38 bits per heavy atom. The Balaban J connectivity index is 1.55. The van der Waals surface area contributed by atoms with Crippen molar-refractivity contribution >= 4 is 39.1 Å². The summed E-state index contributed by atoms with van der Waals surface area (Å²) in [4.78, 5) is 36.8. The van der Waals surface area contributed by atoms with Gasteiger partial charge in [0, 0.05) is 50.4 Å². The molecule has 1 heterocycles. The van der Waals surface area contributed by atoms with E-state index in [-0.39, 0.29) is 35.7 Å². The molecule has 32 heavy (non-hydrogen) atoms. The molecule has 2 aromatic rings. The van der Waals surface area contributed by atoms with Gasteiger partial charge in [-0.25, -0.2) is 13.1 Å². The maximum absolute atomic E-state index is 12.6. The largest absolute Gasteiger partial charge is 0.351 e. The maximum Gasteiger partial charge on any atom is 0.251 e. The second-order valence-electron chi connectivity index (χ2n) is 7.48. The molecule has 0 aromatic heterocycles. The third-order valence-corrected chi connectivity index (χ3v) is 6.49. The zero-order valence-electron chi connectivity index (χ0n) is 18.0. The SMILES string of the molecule is CC(=O)Nc1ccc(C(=O)NCCNS(=O)(=O)c2ccc3c(c2)CCCN3C(C)=O)cc1. The van der Waals surface area contributed by atoms with Crippen LogP contribution in [0.3, 0.4) is 0 Å².